The van der Waals surface area contributed by atoms with Gasteiger partial charge in [-0.05, 0) is 24.1 Å². The molecule has 1 amide bonds. The molecular formula is C17H17Cl2N3O2. The summed E-state index contributed by atoms with van der Waals surface area (Å²) in [5.41, 5.74) is 1.75. The summed E-state index contributed by atoms with van der Waals surface area (Å²) >= 11 is 12.0. The Morgan fingerprint density at radius 1 is 1.29 bits per heavy atom. The number of ether oxygens (including phenoxy) is 1. The highest BCUT2D eigenvalue weighted by atomic mass is 35.5. The van der Waals surface area contributed by atoms with Crippen molar-refractivity contribution in [2.75, 3.05) is 19.7 Å². The summed E-state index contributed by atoms with van der Waals surface area (Å²) in [6.45, 7) is 1.61. The van der Waals surface area contributed by atoms with Crippen LogP contribution in [0.3, 0.4) is 0 Å². The number of carbonyl (C=O) groups is 1. The summed E-state index contributed by atoms with van der Waals surface area (Å²) < 4.78 is 5.78. The average molecular weight is 366 g/mol. The van der Waals surface area contributed by atoms with E-state index in [4.69, 9.17) is 27.9 Å². The number of aryl methyl sites for hydroxylation is 1. The summed E-state index contributed by atoms with van der Waals surface area (Å²) in [6.07, 6.45) is 5.75. The lowest BCUT2D eigenvalue weighted by Gasteiger charge is -2.33. The predicted octanol–water partition coefficient (Wildman–Crippen LogP) is 3.32. The van der Waals surface area contributed by atoms with Crippen molar-refractivity contribution in [1.29, 1.82) is 0 Å². The molecule has 1 aliphatic heterocycles. The molecule has 0 radical (unpaired) electrons. The first-order chi connectivity index (χ1) is 11.6. The first kappa shape index (κ1) is 17.1. The lowest BCUT2D eigenvalue weighted by molar-refractivity contribution is -0.139. The number of amides is 1. The van der Waals surface area contributed by atoms with Gasteiger partial charge in [-0.15, -0.1) is 0 Å². The number of carbonyl (C=O) groups excluding carboxylic acids is 1. The zero-order chi connectivity index (χ0) is 16.9. The molecule has 24 heavy (non-hydrogen) atoms. The van der Waals surface area contributed by atoms with Crippen LogP contribution >= 0.6 is 23.2 Å². The molecule has 1 aromatic carbocycles. The Balaban J connectivity index is 1.60. The molecule has 0 spiro atoms. The number of aromatic nitrogens is 2. The van der Waals surface area contributed by atoms with E-state index in [1.165, 1.54) is 0 Å². The summed E-state index contributed by atoms with van der Waals surface area (Å²) in [5.74, 6) is 0.0917. The largest absolute Gasteiger partial charge is 0.370 e. The van der Waals surface area contributed by atoms with Crippen LogP contribution in [0.15, 0.2) is 36.8 Å². The number of morpholine rings is 1. The molecule has 0 bridgehead atoms. The second kappa shape index (κ2) is 7.92. The third kappa shape index (κ3) is 4.23. The van der Waals surface area contributed by atoms with Crippen LogP contribution in [0.1, 0.15) is 23.8 Å². The van der Waals surface area contributed by atoms with E-state index in [2.05, 4.69) is 9.97 Å². The lowest BCUT2D eigenvalue weighted by Crippen LogP contribution is -2.42. The monoisotopic (exact) mass is 365 g/mol. The van der Waals surface area contributed by atoms with Gasteiger partial charge < -0.3 is 9.64 Å². The third-order valence-electron chi connectivity index (χ3n) is 3.95. The molecule has 7 heteroatoms. The summed E-state index contributed by atoms with van der Waals surface area (Å²) in [7, 11) is 0. The van der Waals surface area contributed by atoms with E-state index < -0.39 is 0 Å². The molecule has 1 fully saturated rings. The standard InChI is InChI=1S/C17H17Cl2N3O2/c18-14-3-1-12(9-15(14)19)16-11-22(7-8-24-16)17(23)4-2-13-10-20-5-6-21-13/h1,3,5-6,9-10,16H,2,4,7-8,11H2. The molecule has 126 valence electrons. The summed E-state index contributed by atoms with van der Waals surface area (Å²) in [5, 5.41) is 0.997. The molecule has 2 heterocycles. The second-order valence-electron chi connectivity index (χ2n) is 5.57. The molecule has 3 rings (SSSR count). The first-order valence-corrected chi connectivity index (χ1v) is 8.48. The lowest BCUT2D eigenvalue weighted by atomic mass is 10.1. The Morgan fingerprint density at radius 2 is 2.17 bits per heavy atom. The molecule has 1 aliphatic rings. The van der Waals surface area contributed by atoms with Crippen LogP contribution in [-0.2, 0) is 16.0 Å². The number of rotatable bonds is 4. The second-order valence-corrected chi connectivity index (χ2v) is 6.38. The Bertz CT molecular complexity index is 712. The first-order valence-electron chi connectivity index (χ1n) is 7.72. The van der Waals surface area contributed by atoms with Gasteiger partial charge in [-0.1, -0.05) is 29.3 Å². The maximum absolute atomic E-state index is 12.4. The maximum atomic E-state index is 12.4. The van der Waals surface area contributed by atoms with Crippen LogP contribution in [0.25, 0.3) is 0 Å². The predicted molar refractivity (Wildman–Crippen MR) is 92.1 cm³/mol. The highest BCUT2D eigenvalue weighted by molar-refractivity contribution is 6.42. The van der Waals surface area contributed by atoms with Crippen molar-refractivity contribution in [3.05, 3.63) is 58.1 Å². The van der Waals surface area contributed by atoms with Crippen molar-refractivity contribution in [2.24, 2.45) is 0 Å². The fraction of sp³-hybridized carbons (Fsp3) is 0.353. The van der Waals surface area contributed by atoms with Gasteiger partial charge in [0.1, 0.15) is 6.10 Å². The van der Waals surface area contributed by atoms with Gasteiger partial charge in [0.25, 0.3) is 0 Å². The Kier molecular flexibility index (Phi) is 5.66. The minimum atomic E-state index is -0.186. The van der Waals surface area contributed by atoms with Crippen LogP contribution in [0.2, 0.25) is 10.0 Å². The van der Waals surface area contributed by atoms with Crippen LogP contribution in [0.4, 0.5) is 0 Å². The SMILES string of the molecule is O=C(CCc1cnccn1)N1CCOC(c2ccc(Cl)c(Cl)c2)C1. The van der Waals surface area contributed by atoms with Gasteiger partial charge in [-0.25, -0.2) is 0 Å². The van der Waals surface area contributed by atoms with Crippen molar-refractivity contribution in [3.8, 4) is 0 Å². The van der Waals surface area contributed by atoms with E-state index in [1.807, 2.05) is 11.0 Å². The molecule has 1 saturated heterocycles. The van der Waals surface area contributed by atoms with Crippen molar-refractivity contribution in [1.82, 2.24) is 14.9 Å². The minimum Gasteiger partial charge on any atom is -0.370 e. The van der Waals surface area contributed by atoms with E-state index in [9.17, 15) is 4.79 Å². The molecular weight excluding hydrogens is 349 g/mol. The van der Waals surface area contributed by atoms with E-state index in [0.29, 0.717) is 42.6 Å². The van der Waals surface area contributed by atoms with Crippen LogP contribution in [-0.4, -0.2) is 40.5 Å². The molecule has 1 unspecified atom stereocenters. The van der Waals surface area contributed by atoms with Gasteiger partial charge in [0.05, 0.1) is 28.9 Å². The van der Waals surface area contributed by atoms with E-state index >= 15 is 0 Å². The van der Waals surface area contributed by atoms with Crippen molar-refractivity contribution < 1.29 is 9.53 Å². The summed E-state index contributed by atoms with van der Waals surface area (Å²) in [4.78, 5) is 22.5. The van der Waals surface area contributed by atoms with E-state index in [-0.39, 0.29) is 12.0 Å². The van der Waals surface area contributed by atoms with Crippen molar-refractivity contribution >= 4 is 29.1 Å². The number of halogens is 2. The minimum absolute atomic E-state index is 0.0917. The van der Waals surface area contributed by atoms with Gasteiger partial charge in [-0.2, -0.15) is 0 Å². The zero-order valence-electron chi connectivity index (χ0n) is 13.0. The van der Waals surface area contributed by atoms with Gasteiger partial charge in [0, 0.05) is 31.6 Å². The number of benzene rings is 1. The molecule has 5 nitrogen and oxygen atoms in total. The zero-order valence-corrected chi connectivity index (χ0v) is 14.5. The third-order valence-corrected chi connectivity index (χ3v) is 4.69. The van der Waals surface area contributed by atoms with E-state index in [1.54, 1.807) is 30.7 Å². The smallest absolute Gasteiger partial charge is 0.223 e. The highest BCUT2D eigenvalue weighted by Crippen LogP contribution is 2.29. The Hall–Kier alpha value is -1.69. The fourth-order valence-electron chi connectivity index (χ4n) is 2.64. The van der Waals surface area contributed by atoms with Crippen LogP contribution < -0.4 is 0 Å². The highest BCUT2D eigenvalue weighted by Gasteiger charge is 2.25. The molecule has 0 aliphatic carbocycles. The van der Waals surface area contributed by atoms with Crippen molar-refractivity contribution in [3.63, 3.8) is 0 Å². The van der Waals surface area contributed by atoms with Crippen LogP contribution in [0, 0.1) is 0 Å². The number of hydrogen-bond donors (Lipinski definition) is 0. The van der Waals surface area contributed by atoms with Crippen molar-refractivity contribution in [2.45, 2.75) is 18.9 Å². The fourth-order valence-corrected chi connectivity index (χ4v) is 2.95. The molecule has 2 aromatic rings. The Labute approximate surface area is 150 Å². The average Bonchev–Trinajstić information content (AvgIpc) is 2.63. The maximum Gasteiger partial charge on any atom is 0.223 e. The molecule has 0 N–H and O–H groups in total. The van der Waals surface area contributed by atoms with Gasteiger partial charge in [0.2, 0.25) is 5.91 Å². The van der Waals surface area contributed by atoms with Gasteiger partial charge in [0.15, 0.2) is 0 Å². The van der Waals surface area contributed by atoms with Gasteiger partial charge >= 0.3 is 0 Å². The van der Waals surface area contributed by atoms with E-state index in [0.717, 1.165) is 11.3 Å². The number of hydrogen-bond acceptors (Lipinski definition) is 4. The van der Waals surface area contributed by atoms with Gasteiger partial charge in [-0.3, -0.25) is 14.8 Å². The molecule has 1 aromatic heterocycles. The molecule has 1 atom stereocenters. The quantitative estimate of drug-likeness (QED) is 0.833. The normalized spacial score (nSPS) is 17.8. The topological polar surface area (TPSA) is 55.3 Å². The molecule has 0 saturated carbocycles. The van der Waals surface area contributed by atoms with Crippen LogP contribution in [0.5, 0.6) is 0 Å². The summed E-state index contributed by atoms with van der Waals surface area (Å²) in [6, 6.07) is 5.42. The number of nitrogens with zero attached hydrogens (tertiary/aromatic N) is 3. The Morgan fingerprint density at radius 3 is 2.92 bits per heavy atom.